The van der Waals surface area contributed by atoms with Gasteiger partial charge in [-0.3, -0.25) is 4.90 Å². The highest BCUT2D eigenvalue weighted by Gasteiger charge is 2.28. The number of nitrogens with one attached hydrogen (secondary N) is 1. The molecule has 2 rings (SSSR count). The summed E-state index contributed by atoms with van der Waals surface area (Å²) in [5.41, 5.74) is 0. The molecule has 3 nitrogen and oxygen atoms in total. The van der Waals surface area contributed by atoms with Gasteiger partial charge in [0, 0.05) is 25.2 Å². The van der Waals surface area contributed by atoms with Gasteiger partial charge in [-0.25, -0.2) is 0 Å². The van der Waals surface area contributed by atoms with Crippen LogP contribution in [0.4, 0.5) is 0 Å². The Labute approximate surface area is 100 Å². The molecular formula is C13H27N3. The van der Waals surface area contributed by atoms with Crippen LogP contribution < -0.4 is 5.32 Å². The lowest BCUT2D eigenvalue weighted by Gasteiger charge is -2.27. The molecule has 2 atom stereocenters. The maximum Gasteiger partial charge on any atom is 0.0235 e. The second-order valence-electron chi connectivity index (χ2n) is 5.22. The standard InChI is InChI=1S/C13H27N3/c1-3-16(4-2)13-7-9-15(11-13)10-12-6-5-8-14-12/h12-14H,3-11H2,1-2H3/t12-,13?/m0/s1. The van der Waals surface area contributed by atoms with E-state index < -0.39 is 0 Å². The van der Waals surface area contributed by atoms with Crippen LogP contribution >= 0.6 is 0 Å². The predicted octanol–water partition coefficient (Wildman–Crippen LogP) is 1.15. The van der Waals surface area contributed by atoms with E-state index in [4.69, 9.17) is 0 Å². The molecule has 0 aromatic carbocycles. The monoisotopic (exact) mass is 225 g/mol. The third kappa shape index (κ3) is 2.96. The number of hydrogen-bond acceptors (Lipinski definition) is 3. The molecule has 0 spiro atoms. The van der Waals surface area contributed by atoms with Crippen molar-refractivity contribution in [2.45, 2.75) is 45.2 Å². The number of likely N-dealkylation sites (tertiary alicyclic amines) is 1. The fourth-order valence-electron chi connectivity index (χ4n) is 3.24. The molecule has 2 saturated heterocycles. The smallest absolute Gasteiger partial charge is 0.0235 e. The zero-order valence-electron chi connectivity index (χ0n) is 10.9. The van der Waals surface area contributed by atoms with E-state index in [2.05, 4.69) is 29.0 Å². The SMILES string of the molecule is CCN(CC)C1CCN(C[C@@H]2CCCN2)C1. The minimum absolute atomic E-state index is 0.774. The Morgan fingerprint density at radius 1 is 1.25 bits per heavy atom. The van der Waals surface area contributed by atoms with Crippen LogP contribution in [0.1, 0.15) is 33.1 Å². The van der Waals surface area contributed by atoms with E-state index in [1.807, 2.05) is 0 Å². The average molecular weight is 225 g/mol. The van der Waals surface area contributed by atoms with Crippen molar-refractivity contribution >= 4 is 0 Å². The topological polar surface area (TPSA) is 18.5 Å². The van der Waals surface area contributed by atoms with Gasteiger partial charge in [0.25, 0.3) is 0 Å². The Morgan fingerprint density at radius 3 is 2.69 bits per heavy atom. The molecule has 0 radical (unpaired) electrons. The Morgan fingerprint density at radius 2 is 2.06 bits per heavy atom. The molecule has 1 N–H and O–H groups in total. The summed E-state index contributed by atoms with van der Waals surface area (Å²) in [5.74, 6) is 0. The lowest BCUT2D eigenvalue weighted by atomic mass is 10.2. The second-order valence-corrected chi connectivity index (χ2v) is 5.22. The van der Waals surface area contributed by atoms with E-state index in [0.717, 1.165) is 12.1 Å². The average Bonchev–Trinajstić information content (AvgIpc) is 2.93. The molecule has 0 amide bonds. The minimum Gasteiger partial charge on any atom is -0.313 e. The van der Waals surface area contributed by atoms with Crippen molar-refractivity contribution in [2.24, 2.45) is 0 Å². The highest BCUT2D eigenvalue weighted by atomic mass is 15.3. The lowest BCUT2D eigenvalue weighted by Crippen LogP contribution is -2.40. The molecule has 16 heavy (non-hydrogen) atoms. The molecule has 0 aromatic rings. The van der Waals surface area contributed by atoms with Gasteiger partial charge >= 0.3 is 0 Å². The predicted molar refractivity (Wildman–Crippen MR) is 68.8 cm³/mol. The van der Waals surface area contributed by atoms with Crippen LogP contribution in [-0.4, -0.2) is 61.2 Å². The summed E-state index contributed by atoms with van der Waals surface area (Å²) in [7, 11) is 0. The Balaban J connectivity index is 1.74. The molecular weight excluding hydrogens is 198 g/mol. The van der Waals surface area contributed by atoms with Crippen LogP contribution in [0.3, 0.4) is 0 Å². The van der Waals surface area contributed by atoms with Crippen LogP contribution in [0.5, 0.6) is 0 Å². The second kappa shape index (κ2) is 5.99. The summed E-state index contributed by atoms with van der Waals surface area (Å²) < 4.78 is 0. The number of likely N-dealkylation sites (N-methyl/N-ethyl adjacent to an activating group) is 1. The molecule has 0 bridgehead atoms. The van der Waals surface area contributed by atoms with Crippen molar-refractivity contribution in [3.63, 3.8) is 0 Å². The highest BCUT2D eigenvalue weighted by Crippen LogP contribution is 2.17. The van der Waals surface area contributed by atoms with Crippen molar-refractivity contribution < 1.29 is 0 Å². The molecule has 1 unspecified atom stereocenters. The Bertz CT molecular complexity index is 197. The van der Waals surface area contributed by atoms with Gasteiger partial charge in [-0.15, -0.1) is 0 Å². The summed E-state index contributed by atoms with van der Waals surface area (Å²) in [6, 6.07) is 1.59. The molecule has 2 aliphatic rings. The quantitative estimate of drug-likeness (QED) is 0.757. The summed E-state index contributed by atoms with van der Waals surface area (Å²) >= 11 is 0. The normalized spacial score (nSPS) is 31.7. The van der Waals surface area contributed by atoms with E-state index in [0.29, 0.717) is 0 Å². The fourth-order valence-corrected chi connectivity index (χ4v) is 3.24. The number of nitrogens with zero attached hydrogens (tertiary/aromatic N) is 2. The molecule has 3 heteroatoms. The van der Waals surface area contributed by atoms with Crippen molar-refractivity contribution in [1.29, 1.82) is 0 Å². The highest BCUT2D eigenvalue weighted by molar-refractivity contribution is 4.86. The summed E-state index contributed by atoms with van der Waals surface area (Å²) in [6.07, 6.45) is 4.12. The van der Waals surface area contributed by atoms with Gasteiger partial charge < -0.3 is 10.2 Å². The van der Waals surface area contributed by atoms with Crippen molar-refractivity contribution in [2.75, 3.05) is 39.3 Å². The first kappa shape index (κ1) is 12.3. The lowest BCUT2D eigenvalue weighted by molar-refractivity contribution is 0.206. The summed E-state index contributed by atoms with van der Waals surface area (Å²) in [5, 5.41) is 3.60. The fraction of sp³-hybridized carbons (Fsp3) is 1.00. The summed E-state index contributed by atoms with van der Waals surface area (Å²) in [4.78, 5) is 5.27. The van der Waals surface area contributed by atoms with Crippen molar-refractivity contribution in [3.05, 3.63) is 0 Å². The van der Waals surface area contributed by atoms with E-state index in [9.17, 15) is 0 Å². The Kier molecular flexibility index (Phi) is 4.62. The number of hydrogen-bond donors (Lipinski definition) is 1. The van der Waals surface area contributed by atoms with Gasteiger partial charge in [-0.05, 0) is 45.4 Å². The largest absolute Gasteiger partial charge is 0.313 e. The molecule has 2 aliphatic heterocycles. The van der Waals surface area contributed by atoms with E-state index >= 15 is 0 Å². The van der Waals surface area contributed by atoms with Gasteiger partial charge in [0.2, 0.25) is 0 Å². The van der Waals surface area contributed by atoms with Gasteiger partial charge in [0.1, 0.15) is 0 Å². The zero-order chi connectivity index (χ0) is 11.4. The Hall–Kier alpha value is -0.120. The maximum atomic E-state index is 3.60. The first-order chi connectivity index (χ1) is 7.83. The van der Waals surface area contributed by atoms with Crippen molar-refractivity contribution in [1.82, 2.24) is 15.1 Å². The molecule has 0 saturated carbocycles. The van der Waals surface area contributed by atoms with E-state index in [1.54, 1.807) is 0 Å². The van der Waals surface area contributed by atoms with Gasteiger partial charge in [-0.1, -0.05) is 13.8 Å². The molecule has 94 valence electrons. The summed E-state index contributed by atoms with van der Waals surface area (Å²) in [6.45, 7) is 12.1. The van der Waals surface area contributed by atoms with E-state index in [-0.39, 0.29) is 0 Å². The molecule has 0 aromatic heterocycles. The van der Waals surface area contributed by atoms with Crippen molar-refractivity contribution in [3.8, 4) is 0 Å². The van der Waals surface area contributed by atoms with Gasteiger partial charge in [0.05, 0.1) is 0 Å². The van der Waals surface area contributed by atoms with Gasteiger partial charge in [0.15, 0.2) is 0 Å². The van der Waals surface area contributed by atoms with Crippen LogP contribution in [0, 0.1) is 0 Å². The third-order valence-electron chi connectivity index (χ3n) is 4.22. The van der Waals surface area contributed by atoms with Crippen LogP contribution in [0.25, 0.3) is 0 Å². The van der Waals surface area contributed by atoms with Gasteiger partial charge in [-0.2, -0.15) is 0 Å². The maximum absolute atomic E-state index is 3.60. The zero-order valence-corrected chi connectivity index (χ0v) is 10.9. The van der Waals surface area contributed by atoms with Crippen LogP contribution in [0.2, 0.25) is 0 Å². The third-order valence-corrected chi connectivity index (χ3v) is 4.22. The van der Waals surface area contributed by atoms with Crippen LogP contribution in [-0.2, 0) is 0 Å². The molecule has 2 heterocycles. The first-order valence-corrected chi connectivity index (χ1v) is 7.03. The molecule has 0 aliphatic carbocycles. The van der Waals surface area contributed by atoms with E-state index in [1.165, 1.54) is 58.5 Å². The van der Waals surface area contributed by atoms with Crippen LogP contribution in [0.15, 0.2) is 0 Å². The number of rotatable bonds is 5. The first-order valence-electron chi connectivity index (χ1n) is 7.03. The molecule has 2 fully saturated rings. The minimum atomic E-state index is 0.774.